The van der Waals surface area contributed by atoms with Crippen molar-refractivity contribution in [3.63, 3.8) is 0 Å². The first-order valence-corrected chi connectivity index (χ1v) is 8.80. The molecule has 0 aliphatic rings. The van der Waals surface area contributed by atoms with Crippen molar-refractivity contribution in [3.8, 4) is 11.5 Å². The average molecular weight is 333 g/mol. The van der Waals surface area contributed by atoms with E-state index in [0.29, 0.717) is 0 Å². The van der Waals surface area contributed by atoms with E-state index in [1.54, 1.807) is 7.05 Å². The van der Waals surface area contributed by atoms with Gasteiger partial charge in [0.25, 0.3) is 0 Å². The van der Waals surface area contributed by atoms with Crippen LogP contribution >= 0.6 is 7.51 Å². The molecule has 0 saturated carbocycles. The molecule has 0 bridgehead atoms. The van der Waals surface area contributed by atoms with Crippen LogP contribution in [0.15, 0.2) is 72.0 Å². The summed E-state index contributed by atoms with van der Waals surface area (Å²) in [4.78, 5) is 0. The Hall–Kier alpha value is -1.99. The molecule has 1 atom stereocenters. The van der Waals surface area contributed by atoms with Crippen LogP contribution in [0.4, 0.5) is 0 Å². The molecule has 2 rings (SSSR count). The van der Waals surface area contributed by atoms with Gasteiger partial charge in [-0.2, -0.15) is 0 Å². The van der Waals surface area contributed by atoms with E-state index in [1.807, 2.05) is 67.3 Å². The molecule has 0 heterocycles. The normalized spacial score (nSPS) is 11.9. The van der Waals surface area contributed by atoms with Crippen LogP contribution in [-0.2, 0) is 6.42 Å². The fraction of sp³-hybridized carbons (Fsp3) is 0.263. The van der Waals surface area contributed by atoms with Gasteiger partial charge >= 0.3 is 7.51 Å². The summed E-state index contributed by atoms with van der Waals surface area (Å²) in [6.45, 7) is 5.69. The molecule has 0 radical (unpaired) electrons. The predicted octanol–water partition coefficient (Wildman–Crippen LogP) is 6.44. The number of nitrogens with zero attached hydrogens (tertiary/aromatic N) is 1. The summed E-state index contributed by atoms with van der Waals surface area (Å²) in [5, 5.41) is 0. The van der Waals surface area contributed by atoms with Gasteiger partial charge in [-0.3, -0.25) is 0 Å². The third-order valence-corrected chi connectivity index (χ3v) is 4.80. The highest BCUT2D eigenvalue weighted by Gasteiger charge is 2.18. The molecule has 0 amide bonds. The molecule has 0 aliphatic heterocycles. The Bertz CT molecular complexity index is 653. The topological polar surface area (TPSA) is 30.8 Å². The molecule has 0 aromatic heterocycles. The molecule has 23 heavy (non-hydrogen) atoms. The van der Waals surface area contributed by atoms with Crippen molar-refractivity contribution in [2.75, 3.05) is 13.7 Å². The van der Waals surface area contributed by atoms with Crippen LogP contribution < -0.4 is 9.05 Å². The first-order chi connectivity index (χ1) is 10.2. The lowest BCUT2D eigenvalue weighted by atomic mass is 10.1. The summed E-state index contributed by atoms with van der Waals surface area (Å²) in [5.41, 5.74) is 1.08. The smallest absolute Gasteiger partial charge is 0.310 e. The predicted molar refractivity (Wildman–Crippen MR) is 103 cm³/mol. The maximum atomic E-state index is 6.11. The Kier molecular flexibility index (Phi) is 9.05. The van der Waals surface area contributed by atoms with Crippen LogP contribution in [0.1, 0.15) is 20.4 Å². The van der Waals surface area contributed by atoms with Crippen molar-refractivity contribution in [2.45, 2.75) is 21.3 Å². The second-order valence-electron chi connectivity index (χ2n) is 4.60. The average Bonchev–Trinajstić information content (AvgIpc) is 2.50. The highest BCUT2D eigenvalue weighted by atomic mass is 31.2. The Labute approximate surface area is 141 Å². The van der Waals surface area contributed by atoms with E-state index in [4.69, 9.17) is 9.05 Å². The molecule has 2 aromatic rings. The van der Waals surface area contributed by atoms with Crippen molar-refractivity contribution in [3.05, 3.63) is 72.8 Å². The van der Waals surface area contributed by atoms with Crippen LogP contribution in [0, 0.1) is 0 Å². The van der Waals surface area contributed by atoms with Gasteiger partial charge < -0.3 is 9.05 Å². The molecular formula is C19H28NO2P. The summed E-state index contributed by atoms with van der Waals surface area (Å²) in [6.07, 6.45) is 2.62. The molecule has 0 fully saturated rings. The van der Waals surface area contributed by atoms with Crippen LogP contribution in [-0.4, -0.2) is 13.7 Å². The van der Waals surface area contributed by atoms with E-state index in [2.05, 4.69) is 11.3 Å². The molecule has 3 nitrogen and oxygen atoms in total. The minimum atomic E-state index is -2.35. The van der Waals surface area contributed by atoms with E-state index >= 15 is 0 Å². The lowest BCUT2D eigenvalue weighted by Crippen LogP contribution is -2.01. The fourth-order valence-electron chi connectivity index (χ4n) is 1.88. The summed E-state index contributed by atoms with van der Waals surface area (Å²) in [5.74, 6) is 1.56. The first kappa shape index (κ1) is 21.0. The van der Waals surface area contributed by atoms with Crippen molar-refractivity contribution in [1.29, 1.82) is 0 Å². The first-order valence-electron chi connectivity index (χ1n) is 6.78. The van der Waals surface area contributed by atoms with Crippen molar-refractivity contribution >= 4 is 7.51 Å². The molecule has 1 unspecified atom stereocenters. The summed E-state index contributed by atoms with van der Waals surface area (Å²) in [6, 6.07) is 17.5. The van der Waals surface area contributed by atoms with Crippen LogP contribution in [0.3, 0.4) is 0 Å². The molecule has 0 spiro atoms. The number of benzene rings is 2. The van der Waals surface area contributed by atoms with E-state index in [0.717, 1.165) is 23.5 Å². The second kappa shape index (κ2) is 9.91. The standard InChI is InChI=1S/C17H20NO2P.2CH4/c1-4-10-15-11-8-9-14-17(15)20-21(3,18-2)19-16-12-6-5-7-13-16;;/h4-9,11-14H,1,10H2,2-3H3;2*1H4. The molecular weight excluding hydrogens is 305 g/mol. The number of para-hydroxylation sites is 2. The molecule has 2 aromatic carbocycles. The van der Waals surface area contributed by atoms with Gasteiger partial charge in [0.2, 0.25) is 0 Å². The van der Waals surface area contributed by atoms with Gasteiger partial charge in [0.1, 0.15) is 11.5 Å². The van der Waals surface area contributed by atoms with Gasteiger partial charge in [-0.05, 0) is 30.2 Å². The van der Waals surface area contributed by atoms with E-state index in [-0.39, 0.29) is 14.9 Å². The monoisotopic (exact) mass is 333 g/mol. The summed E-state index contributed by atoms with van der Waals surface area (Å²) in [7, 11) is -0.625. The highest BCUT2D eigenvalue weighted by Crippen LogP contribution is 2.48. The van der Waals surface area contributed by atoms with E-state index in [1.165, 1.54) is 0 Å². The van der Waals surface area contributed by atoms with Crippen LogP contribution in [0.2, 0.25) is 0 Å². The number of hydrogen-bond acceptors (Lipinski definition) is 3. The minimum absolute atomic E-state index is 0. The van der Waals surface area contributed by atoms with Crippen LogP contribution in [0.5, 0.6) is 11.5 Å². The lowest BCUT2D eigenvalue weighted by Gasteiger charge is -2.22. The molecule has 0 saturated heterocycles. The Morgan fingerprint density at radius 2 is 1.61 bits per heavy atom. The third kappa shape index (κ3) is 5.96. The second-order valence-corrected chi connectivity index (χ2v) is 6.97. The van der Waals surface area contributed by atoms with Crippen LogP contribution in [0.25, 0.3) is 0 Å². The molecule has 0 N–H and O–H groups in total. The lowest BCUT2D eigenvalue weighted by molar-refractivity contribution is 0.478. The van der Waals surface area contributed by atoms with Gasteiger partial charge in [-0.25, -0.2) is 4.74 Å². The van der Waals surface area contributed by atoms with Gasteiger partial charge in [0.05, 0.1) is 0 Å². The van der Waals surface area contributed by atoms with Crippen molar-refractivity contribution in [2.24, 2.45) is 4.74 Å². The third-order valence-electron chi connectivity index (χ3n) is 2.99. The molecule has 0 aliphatic carbocycles. The minimum Gasteiger partial charge on any atom is -0.430 e. The van der Waals surface area contributed by atoms with Gasteiger partial charge in [-0.15, -0.1) is 6.58 Å². The van der Waals surface area contributed by atoms with E-state index in [9.17, 15) is 0 Å². The molecule has 126 valence electrons. The zero-order valence-corrected chi connectivity index (χ0v) is 13.3. The van der Waals surface area contributed by atoms with E-state index < -0.39 is 7.51 Å². The number of hydrogen-bond donors (Lipinski definition) is 0. The van der Waals surface area contributed by atoms with Gasteiger partial charge in [0.15, 0.2) is 0 Å². The maximum Gasteiger partial charge on any atom is 0.310 e. The Balaban J connectivity index is 0.00000242. The zero-order chi connectivity index (χ0) is 15.1. The quantitative estimate of drug-likeness (QED) is 0.450. The van der Waals surface area contributed by atoms with Crippen molar-refractivity contribution in [1.82, 2.24) is 0 Å². The molecule has 4 heteroatoms. The Morgan fingerprint density at radius 3 is 2.22 bits per heavy atom. The highest BCUT2D eigenvalue weighted by molar-refractivity contribution is 7.56. The van der Waals surface area contributed by atoms with Gasteiger partial charge in [-0.1, -0.05) is 57.3 Å². The fourth-order valence-corrected chi connectivity index (χ4v) is 3.13. The van der Waals surface area contributed by atoms with Crippen molar-refractivity contribution < 1.29 is 9.05 Å². The summed E-state index contributed by atoms with van der Waals surface area (Å²) < 4.78 is 16.5. The Morgan fingerprint density at radius 1 is 1.00 bits per heavy atom. The number of allylic oxidation sites excluding steroid dienone is 1. The SMILES string of the molecule is C.C.C=CCc1ccccc1OP(C)(=NC)Oc1ccccc1. The zero-order valence-electron chi connectivity index (χ0n) is 12.4. The van der Waals surface area contributed by atoms with Gasteiger partial charge in [0, 0.05) is 13.7 Å². The maximum absolute atomic E-state index is 6.11. The summed E-state index contributed by atoms with van der Waals surface area (Å²) >= 11 is 0. The number of rotatable bonds is 6. The largest absolute Gasteiger partial charge is 0.430 e.